The Morgan fingerprint density at radius 3 is 1.89 bits per heavy atom. The molecule has 7 nitrogen and oxygen atoms in total. The highest BCUT2D eigenvalue weighted by Gasteiger charge is 2.50. The van der Waals surface area contributed by atoms with Gasteiger partial charge in [0.2, 0.25) is 0 Å². The van der Waals surface area contributed by atoms with E-state index in [9.17, 15) is 14.4 Å². The van der Waals surface area contributed by atoms with Crippen LogP contribution in [0.4, 0.5) is 0 Å². The van der Waals surface area contributed by atoms with Crippen LogP contribution in [0.5, 0.6) is 0 Å². The Morgan fingerprint density at radius 1 is 0.737 bits per heavy atom. The van der Waals surface area contributed by atoms with Gasteiger partial charge >= 0.3 is 17.9 Å². The van der Waals surface area contributed by atoms with E-state index in [0.29, 0.717) is 11.1 Å². The average molecular weight is 535 g/mol. The molecule has 38 heavy (non-hydrogen) atoms. The van der Waals surface area contributed by atoms with Crippen LogP contribution in [0.15, 0.2) is 78.9 Å². The van der Waals surface area contributed by atoms with Crippen LogP contribution in [0.1, 0.15) is 44.3 Å². The number of carbonyl (C=O) groups is 3. The lowest BCUT2D eigenvalue weighted by molar-refractivity contribution is -0.152. The Hall–Kier alpha value is -3.62. The van der Waals surface area contributed by atoms with Crippen LogP contribution >= 0.6 is 11.8 Å². The Labute approximate surface area is 226 Å². The molecule has 0 aromatic heterocycles. The molecule has 0 aliphatic carbocycles. The van der Waals surface area contributed by atoms with Crippen molar-refractivity contribution in [1.82, 2.24) is 0 Å². The Bertz CT molecular complexity index is 1240. The van der Waals surface area contributed by atoms with Crippen molar-refractivity contribution in [3.05, 3.63) is 107 Å². The maximum atomic E-state index is 13.1. The van der Waals surface area contributed by atoms with Gasteiger partial charge in [0, 0.05) is 6.92 Å². The van der Waals surface area contributed by atoms with Gasteiger partial charge in [-0.2, -0.15) is 0 Å². The fraction of sp³-hybridized carbons (Fsp3) is 0.300. The van der Waals surface area contributed by atoms with E-state index >= 15 is 0 Å². The van der Waals surface area contributed by atoms with Gasteiger partial charge in [-0.05, 0) is 43.7 Å². The SMILES string of the molecule is CC(=O)OC1S[C@H](COC(=O)c2ccc(C)cc2)[C@H](OC(=O)c2ccc(C)cc2)[C@@H]1OCc1ccccc1. The molecule has 1 fully saturated rings. The van der Waals surface area contributed by atoms with Gasteiger partial charge in [-0.3, -0.25) is 4.79 Å². The van der Waals surface area contributed by atoms with Gasteiger partial charge in [0.1, 0.15) is 18.8 Å². The molecule has 1 aliphatic heterocycles. The van der Waals surface area contributed by atoms with E-state index in [-0.39, 0.29) is 13.2 Å². The minimum Gasteiger partial charge on any atom is -0.461 e. The van der Waals surface area contributed by atoms with Gasteiger partial charge < -0.3 is 18.9 Å². The summed E-state index contributed by atoms with van der Waals surface area (Å²) >= 11 is 1.25. The van der Waals surface area contributed by atoms with Crippen molar-refractivity contribution in [3.8, 4) is 0 Å². The molecular formula is C30H30O7S. The van der Waals surface area contributed by atoms with Crippen molar-refractivity contribution in [1.29, 1.82) is 0 Å². The highest BCUT2D eigenvalue weighted by Crippen LogP contribution is 2.40. The van der Waals surface area contributed by atoms with E-state index in [1.807, 2.05) is 68.4 Å². The third-order valence-corrected chi connectivity index (χ3v) is 7.42. The molecule has 1 saturated heterocycles. The molecule has 198 valence electrons. The summed E-state index contributed by atoms with van der Waals surface area (Å²) in [6.45, 7) is 5.33. The van der Waals surface area contributed by atoms with E-state index < -0.39 is 40.8 Å². The third kappa shape index (κ3) is 7.24. The highest BCUT2D eigenvalue weighted by atomic mass is 32.2. The van der Waals surface area contributed by atoms with Gasteiger partial charge in [-0.25, -0.2) is 9.59 Å². The van der Waals surface area contributed by atoms with Gasteiger partial charge in [0.25, 0.3) is 0 Å². The molecule has 3 aromatic carbocycles. The van der Waals surface area contributed by atoms with Crippen LogP contribution in [0.25, 0.3) is 0 Å². The largest absolute Gasteiger partial charge is 0.461 e. The second-order valence-corrected chi connectivity index (χ2v) is 10.5. The standard InChI is InChI=1S/C30H30O7S/c1-19-9-13-23(14-10-19)28(32)35-18-25-26(37-29(33)24-15-11-20(2)12-16-24)27(30(38-25)36-21(3)31)34-17-22-7-5-4-6-8-22/h4-16,25-27,30H,17-18H2,1-3H3/t25-,26+,27+,30?/m1/s1. The number of benzene rings is 3. The van der Waals surface area contributed by atoms with E-state index in [1.54, 1.807) is 24.3 Å². The second-order valence-electron chi connectivity index (χ2n) is 9.11. The second kappa shape index (κ2) is 12.8. The summed E-state index contributed by atoms with van der Waals surface area (Å²) in [5.74, 6) is -1.52. The molecule has 3 aromatic rings. The number of hydrogen-bond donors (Lipinski definition) is 0. The zero-order valence-electron chi connectivity index (χ0n) is 21.5. The average Bonchev–Trinajstić information content (AvgIpc) is 3.22. The molecule has 1 unspecified atom stereocenters. The summed E-state index contributed by atoms with van der Waals surface area (Å²) in [5.41, 5.74) is 3.00. The smallest absolute Gasteiger partial charge is 0.338 e. The number of hydrogen-bond acceptors (Lipinski definition) is 8. The summed E-state index contributed by atoms with van der Waals surface area (Å²) in [4.78, 5) is 37.7. The molecule has 0 amide bonds. The molecule has 4 atom stereocenters. The molecule has 1 heterocycles. The monoisotopic (exact) mass is 534 g/mol. The summed E-state index contributed by atoms with van der Waals surface area (Å²) < 4.78 is 23.3. The van der Waals surface area contributed by atoms with Crippen LogP contribution in [0.2, 0.25) is 0 Å². The summed E-state index contributed by atoms with van der Waals surface area (Å²) in [6.07, 6.45) is -1.62. The zero-order chi connectivity index (χ0) is 27.1. The van der Waals surface area contributed by atoms with Gasteiger partial charge in [0.05, 0.1) is 23.0 Å². The predicted octanol–water partition coefficient (Wildman–Crippen LogP) is 5.28. The maximum Gasteiger partial charge on any atom is 0.338 e. The van der Waals surface area contributed by atoms with E-state index in [4.69, 9.17) is 18.9 Å². The van der Waals surface area contributed by atoms with Gasteiger partial charge in [0.15, 0.2) is 5.44 Å². The van der Waals surface area contributed by atoms with Crippen LogP contribution in [0, 0.1) is 13.8 Å². The molecule has 1 aliphatic rings. The van der Waals surface area contributed by atoms with Crippen LogP contribution < -0.4 is 0 Å². The lowest BCUT2D eigenvalue weighted by Gasteiger charge is -2.25. The third-order valence-electron chi connectivity index (χ3n) is 6.03. The quantitative estimate of drug-likeness (QED) is 0.271. The predicted molar refractivity (Wildman–Crippen MR) is 144 cm³/mol. The molecule has 0 spiro atoms. The number of rotatable bonds is 9. The number of aryl methyl sites for hydroxylation is 2. The first kappa shape index (κ1) is 27.4. The van der Waals surface area contributed by atoms with E-state index in [2.05, 4.69) is 0 Å². The van der Waals surface area contributed by atoms with Crippen molar-refractivity contribution in [2.75, 3.05) is 6.61 Å². The fourth-order valence-corrected chi connectivity index (χ4v) is 5.42. The molecule has 8 heteroatoms. The minimum atomic E-state index is -0.840. The van der Waals surface area contributed by atoms with Crippen LogP contribution in [-0.2, 0) is 30.3 Å². The van der Waals surface area contributed by atoms with Crippen molar-refractivity contribution >= 4 is 29.7 Å². The van der Waals surface area contributed by atoms with Crippen molar-refractivity contribution in [3.63, 3.8) is 0 Å². The first-order valence-electron chi connectivity index (χ1n) is 12.3. The minimum absolute atomic E-state index is 0.0633. The number of carbonyl (C=O) groups excluding carboxylic acids is 3. The Kier molecular flexibility index (Phi) is 9.20. The van der Waals surface area contributed by atoms with Gasteiger partial charge in [-0.15, -0.1) is 11.8 Å². The number of esters is 3. The molecule has 4 rings (SSSR count). The summed E-state index contributed by atoms with van der Waals surface area (Å²) in [6, 6.07) is 23.6. The molecule has 0 bridgehead atoms. The fourth-order valence-electron chi connectivity index (χ4n) is 3.98. The normalized spacial score (nSPS) is 20.5. The van der Waals surface area contributed by atoms with Crippen LogP contribution in [0.3, 0.4) is 0 Å². The first-order valence-corrected chi connectivity index (χ1v) is 13.2. The van der Waals surface area contributed by atoms with Crippen molar-refractivity contribution in [2.45, 2.75) is 50.3 Å². The molecule has 0 saturated carbocycles. The van der Waals surface area contributed by atoms with E-state index in [1.165, 1.54) is 18.7 Å². The van der Waals surface area contributed by atoms with Crippen molar-refractivity contribution < 1.29 is 33.3 Å². The zero-order valence-corrected chi connectivity index (χ0v) is 22.3. The number of ether oxygens (including phenoxy) is 4. The maximum absolute atomic E-state index is 13.1. The first-order chi connectivity index (χ1) is 18.3. The number of thioether (sulfide) groups is 1. The lowest BCUT2D eigenvalue weighted by atomic mass is 10.1. The summed E-state index contributed by atoms with van der Waals surface area (Å²) in [5, 5.41) is -0.524. The van der Waals surface area contributed by atoms with Crippen molar-refractivity contribution in [2.24, 2.45) is 0 Å². The van der Waals surface area contributed by atoms with Crippen LogP contribution in [-0.4, -0.2) is 47.4 Å². The Morgan fingerprint density at radius 2 is 1.32 bits per heavy atom. The lowest BCUT2D eigenvalue weighted by Crippen LogP contribution is -2.41. The summed E-state index contributed by atoms with van der Waals surface area (Å²) in [7, 11) is 0. The Balaban J connectivity index is 1.55. The van der Waals surface area contributed by atoms with Gasteiger partial charge in [-0.1, -0.05) is 65.7 Å². The topological polar surface area (TPSA) is 88.1 Å². The highest BCUT2D eigenvalue weighted by molar-refractivity contribution is 8.00. The molecular weight excluding hydrogens is 504 g/mol. The molecule has 0 radical (unpaired) electrons. The molecule has 0 N–H and O–H groups in total. The van der Waals surface area contributed by atoms with E-state index in [0.717, 1.165) is 16.7 Å².